The highest BCUT2D eigenvalue weighted by Gasteiger charge is 2.33. The molecule has 2 unspecified atom stereocenters. The molecule has 1 aliphatic heterocycles. The van der Waals surface area contributed by atoms with Crippen LogP contribution in [-0.4, -0.2) is 21.8 Å². The number of aliphatic hydroxyl groups is 1. The van der Waals surface area contributed by atoms with Gasteiger partial charge in [-0.25, -0.2) is 4.98 Å². The SMILES string of the molecule is COc1ccc2c(c1)OC(c1cncn1C1CC1)CC2O. The smallest absolute Gasteiger partial charge is 0.143 e. The fourth-order valence-corrected chi connectivity index (χ4v) is 2.95. The van der Waals surface area contributed by atoms with Crippen molar-refractivity contribution in [1.29, 1.82) is 0 Å². The van der Waals surface area contributed by atoms with Gasteiger partial charge in [0.15, 0.2) is 0 Å². The molecule has 110 valence electrons. The molecule has 5 heteroatoms. The second-order valence-corrected chi connectivity index (χ2v) is 5.72. The van der Waals surface area contributed by atoms with Crippen LogP contribution in [0.3, 0.4) is 0 Å². The lowest BCUT2D eigenvalue weighted by molar-refractivity contribution is 0.0616. The van der Waals surface area contributed by atoms with Gasteiger partial charge in [0.25, 0.3) is 0 Å². The van der Waals surface area contributed by atoms with Gasteiger partial charge in [0.1, 0.15) is 17.6 Å². The van der Waals surface area contributed by atoms with E-state index in [1.54, 1.807) is 7.11 Å². The summed E-state index contributed by atoms with van der Waals surface area (Å²) in [6, 6.07) is 6.10. The molecule has 2 heterocycles. The first-order chi connectivity index (χ1) is 10.3. The Morgan fingerprint density at radius 3 is 3.00 bits per heavy atom. The molecule has 1 aromatic carbocycles. The van der Waals surface area contributed by atoms with Crippen LogP contribution in [0.1, 0.15) is 48.8 Å². The van der Waals surface area contributed by atoms with E-state index in [9.17, 15) is 5.11 Å². The molecule has 1 saturated carbocycles. The highest BCUT2D eigenvalue weighted by atomic mass is 16.5. The second kappa shape index (κ2) is 4.77. The van der Waals surface area contributed by atoms with Gasteiger partial charge in [-0.05, 0) is 25.0 Å². The lowest BCUT2D eigenvalue weighted by atomic mass is 9.97. The average molecular weight is 286 g/mol. The first-order valence-corrected chi connectivity index (χ1v) is 7.30. The van der Waals surface area contributed by atoms with Crippen LogP contribution in [0.5, 0.6) is 11.5 Å². The van der Waals surface area contributed by atoms with Gasteiger partial charge in [0.2, 0.25) is 0 Å². The van der Waals surface area contributed by atoms with E-state index in [0.717, 1.165) is 17.0 Å². The van der Waals surface area contributed by atoms with Gasteiger partial charge in [-0.2, -0.15) is 0 Å². The van der Waals surface area contributed by atoms with Crippen molar-refractivity contribution in [2.75, 3.05) is 7.11 Å². The summed E-state index contributed by atoms with van der Waals surface area (Å²) in [5.74, 6) is 1.43. The van der Waals surface area contributed by atoms with E-state index < -0.39 is 6.10 Å². The highest BCUT2D eigenvalue weighted by molar-refractivity contribution is 5.43. The van der Waals surface area contributed by atoms with Crippen molar-refractivity contribution in [3.63, 3.8) is 0 Å². The molecule has 1 N–H and O–H groups in total. The normalized spacial score (nSPS) is 24.3. The number of hydrogen-bond donors (Lipinski definition) is 1. The minimum absolute atomic E-state index is 0.164. The zero-order valence-corrected chi connectivity index (χ0v) is 11.9. The van der Waals surface area contributed by atoms with Crippen molar-refractivity contribution in [3.8, 4) is 11.5 Å². The molecule has 0 amide bonds. The van der Waals surface area contributed by atoms with Gasteiger partial charge in [-0.15, -0.1) is 0 Å². The molecule has 2 atom stereocenters. The first-order valence-electron chi connectivity index (χ1n) is 7.30. The van der Waals surface area contributed by atoms with Crippen LogP contribution in [-0.2, 0) is 0 Å². The molecule has 0 radical (unpaired) electrons. The Morgan fingerprint density at radius 1 is 1.38 bits per heavy atom. The van der Waals surface area contributed by atoms with Gasteiger partial charge in [0.05, 0.1) is 31.4 Å². The van der Waals surface area contributed by atoms with E-state index in [2.05, 4.69) is 9.55 Å². The maximum absolute atomic E-state index is 10.4. The predicted molar refractivity (Wildman–Crippen MR) is 76.4 cm³/mol. The molecule has 0 saturated heterocycles. The van der Waals surface area contributed by atoms with Crippen molar-refractivity contribution < 1.29 is 14.6 Å². The standard InChI is InChI=1S/C16H18N2O3/c1-20-11-4-5-12-14(19)7-16(21-15(12)6-11)13-8-17-9-18(13)10-2-3-10/h4-6,8-10,14,16,19H,2-3,7H2,1H3. The number of aromatic nitrogens is 2. The first kappa shape index (κ1) is 12.7. The summed E-state index contributed by atoms with van der Waals surface area (Å²) in [5.41, 5.74) is 1.87. The van der Waals surface area contributed by atoms with Crippen LogP contribution >= 0.6 is 0 Å². The highest BCUT2D eigenvalue weighted by Crippen LogP contribution is 2.44. The third kappa shape index (κ3) is 2.17. The Hall–Kier alpha value is -2.01. The van der Waals surface area contributed by atoms with Gasteiger partial charge >= 0.3 is 0 Å². The molecule has 2 aliphatic rings. The van der Waals surface area contributed by atoms with Crippen molar-refractivity contribution in [3.05, 3.63) is 42.0 Å². The Balaban J connectivity index is 1.68. The number of fused-ring (bicyclic) bond motifs is 1. The Morgan fingerprint density at radius 2 is 2.24 bits per heavy atom. The van der Waals surface area contributed by atoms with Gasteiger partial charge in [0, 0.05) is 24.1 Å². The zero-order chi connectivity index (χ0) is 14.4. The zero-order valence-electron chi connectivity index (χ0n) is 11.9. The summed E-state index contributed by atoms with van der Waals surface area (Å²) in [5, 5.41) is 10.4. The lowest BCUT2D eigenvalue weighted by Crippen LogP contribution is -2.21. The summed E-state index contributed by atoms with van der Waals surface area (Å²) >= 11 is 0. The number of methoxy groups -OCH3 is 1. The predicted octanol–water partition coefficient (Wildman–Crippen LogP) is 2.78. The van der Waals surface area contributed by atoms with E-state index in [4.69, 9.17) is 9.47 Å². The summed E-state index contributed by atoms with van der Waals surface area (Å²) in [4.78, 5) is 4.25. The molecule has 2 aromatic rings. The Labute approximate surface area is 123 Å². The molecule has 1 aromatic heterocycles. The summed E-state index contributed by atoms with van der Waals surface area (Å²) in [6.07, 6.45) is 5.98. The van der Waals surface area contributed by atoms with Crippen LogP contribution in [0.4, 0.5) is 0 Å². The fraction of sp³-hybridized carbons (Fsp3) is 0.438. The minimum Gasteiger partial charge on any atom is -0.497 e. The molecule has 5 nitrogen and oxygen atoms in total. The summed E-state index contributed by atoms with van der Waals surface area (Å²) < 4.78 is 13.5. The van der Waals surface area contributed by atoms with Crippen molar-refractivity contribution >= 4 is 0 Å². The maximum atomic E-state index is 10.4. The number of ether oxygens (including phenoxy) is 2. The number of imidazole rings is 1. The van der Waals surface area contributed by atoms with Crippen LogP contribution in [0, 0.1) is 0 Å². The Kier molecular flexibility index (Phi) is 2.89. The minimum atomic E-state index is -0.521. The van der Waals surface area contributed by atoms with Crippen molar-refractivity contribution in [2.45, 2.75) is 37.5 Å². The number of aliphatic hydroxyl groups excluding tert-OH is 1. The molecule has 0 spiro atoms. The third-order valence-corrected chi connectivity index (χ3v) is 4.25. The fourth-order valence-electron chi connectivity index (χ4n) is 2.95. The van der Waals surface area contributed by atoms with Crippen LogP contribution in [0.15, 0.2) is 30.7 Å². The van der Waals surface area contributed by atoms with Crippen LogP contribution in [0.25, 0.3) is 0 Å². The van der Waals surface area contributed by atoms with Gasteiger partial charge in [-0.1, -0.05) is 0 Å². The Bertz CT molecular complexity index is 663. The molecule has 1 aliphatic carbocycles. The van der Waals surface area contributed by atoms with Crippen molar-refractivity contribution in [1.82, 2.24) is 9.55 Å². The van der Waals surface area contributed by atoms with Gasteiger partial charge in [-0.3, -0.25) is 0 Å². The summed E-state index contributed by atoms with van der Waals surface area (Å²) in [7, 11) is 1.63. The van der Waals surface area contributed by atoms with E-state index in [-0.39, 0.29) is 6.10 Å². The third-order valence-electron chi connectivity index (χ3n) is 4.25. The number of benzene rings is 1. The molecular formula is C16H18N2O3. The topological polar surface area (TPSA) is 56.5 Å². The quantitative estimate of drug-likeness (QED) is 0.942. The molecule has 4 rings (SSSR count). The van der Waals surface area contributed by atoms with E-state index in [0.29, 0.717) is 18.2 Å². The van der Waals surface area contributed by atoms with E-state index in [1.807, 2.05) is 30.7 Å². The lowest BCUT2D eigenvalue weighted by Gasteiger charge is -2.30. The van der Waals surface area contributed by atoms with E-state index >= 15 is 0 Å². The molecule has 21 heavy (non-hydrogen) atoms. The van der Waals surface area contributed by atoms with Crippen molar-refractivity contribution in [2.24, 2.45) is 0 Å². The molecular weight excluding hydrogens is 268 g/mol. The van der Waals surface area contributed by atoms with Crippen LogP contribution in [0.2, 0.25) is 0 Å². The van der Waals surface area contributed by atoms with Gasteiger partial charge < -0.3 is 19.1 Å². The van der Waals surface area contributed by atoms with E-state index in [1.165, 1.54) is 12.8 Å². The molecule has 0 bridgehead atoms. The monoisotopic (exact) mass is 286 g/mol. The summed E-state index contributed by atoms with van der Waals surface area (Å²) in [6.45, 7) is 0. The number of hydrogen-bond acceptors (Lipinski definition) is 4. The number of rotatable bonds is 3. The second-order valence-electron chi connectivity index (χ2n) is 5.72. The average Bonchev–Trinajstić information content (AvgIpc) is 3.23. The van der Waals surface area contributed by atoms with Crippen LogP contribution < -0.4 is 9.47 Å². The maximum Gasteiger partial charge on any atom is 0.143 e. The largest absolute Gasteiger partial charge is 0.497 e. The number of nitrogens with zero attached hydrogens (tertiary/aromatic N) is 2. The molecule has 1 fully saturated rings.